The Morgan fingerprint density at radius 1 is 1.32 bits per heavy atom. The van der Waals surface area contributed by atoms with Gasteiger partial charge in [0.1, 0.15) is 0 Å². The van der Waals surface area contributed by atoms with Crippen LogP contribution >= 0.6 is 24.0 Å². The lowest BCUT2D eigenvalue weighted by Crippen LogP contribution is -2.55. The van der Waals surface area contributed by atoms with Crippen molar-refractivity contribution in [3.05, 3.63) is 28.8 Å². The predicted octanol–water partition coefficient (Wildman–Crippen LogP) is 2.18. The Bertz CT molecular complexity index is 656. The first-order valence-electron chi connectivity index (χ1n) is 6.74. The number of aryl methyl sites for hydroxylation is 1. The van der Waals surface area contributed by atoms with Gasteiger partial charge in [-0.1, -0.05) is 17.7 Å². The maximum absolute atomic E-state index is 12.6. The third kappa shape index (κ3) is 3.74. The minimum absolute atomic E-state index is 0. The number of amides is 1. The Labute approximate surface area is 142 Å². The van der Waals surface area contributed by atoms with Crippen LogP contribution < -0.4 is 10.6 Å². The van der Waals surface area contributed by atoms with Crippen molar-refractivity contribution in [2.24, 2.45) is 0 Å². The minimum atomic E-state index is -3.51. The molecule has 8 heteroatoms. The number of carbonyl (C=O) groups excluding carboxylic acids is 1. The molecule has 0 atom stereocenters. The molecule has 22 heavy (non-hydrogen) atoms. The number of anilines is 1. The highest BCUT2D eigenvalue weighted by atomic mass is 35.5. The van der Waals surface area contributed by atoms with Crippen LogP contribution in [0.5, 0.6) is 0 Å². The lowest BCUT2D eigenvalue weighted by atomic mass is 9.95. The van der Waals surface area contributed by atoms with Crippen LogP contribution in [0.2, 0.25) is 5.02 Å². The van der Waals surface area contributed by atoms with E-state index in [0.29, 0.717) is 23.8 Å². The quantitative estimate of drug-likeness (QED) is 0.859. The zero-order chi connectivity index (χ0) is 15.7. The second-order valence-corrected chi connectivity index (χ2v) is 8.19. The summed E-state index contributed by atoms with van der Waals surface area (Å²) in [7, 11) is -3.51. The largest absolute Gasteiger partial charge is 0.324 e. The second-order valence-electron chi connectivity index (χ2n) is 5.43. The first kappa shape index (κ1) is 19.2. The van der Waals surface area contributed by atoms with E-state index in [-0.39, 0.29) is 25.2 Å². The van der Waals surface area contributed by atoms with E-state index in [1.807, 2.05) is 6.92 Å². The molecule has 0 unspecified atom stereocenters. The van der Waals surface area contributed by atoms with Crippen molar-refractivity contribution in [1.82, 2.24) is 5.32 Å². The van der Waals surface area contributed by atoms with Crippen molar-refractivity contribution in [2.75, 3.05) is 24.7 Å². The van der Waals surface area contributed by atoms with Crippen molar-refractivity contribution >= 4 is 45.4 Å². The standard InChI is InChI=1S/C14H19ClN2O3S.ClH/c1-10-3-4-11(15)9-12(10)17-13(18)14(21(2,19)20)5-7-16-8-6-14;/h3-4,9,16H,5-8H2,1-2H3,(H,17,18);1H. The van der Waals surface area contributed by atoms with E-state index in [1.165, 1.54) is 0 Å². The molecule has 0 spiro atoms. The molecule has 1 fully saturated rings. The molecule has 0 bridgehead atoms. The van der Waals surface area contributed by atoms with Crippen molar-refractivity contribution in [1.29, 1.82) is 0 Å². The topological polar surface area (TPSA) is 75.3 Å². The summed E-state index contributed by atoms with van der Waals surface area (Å²) in [5, 5.41) is 6.32. The molecule has 1 aromatic rings. The van der Waals surface area contributed by atoms with Crippen LogP contribution in [0.15, 0.2) is 18.2 Å². The van der Waals surface area contributed by atoms with Crippen molar-refractivity contribution in [3.8, 4) is 0 Å². The highest BCUT2D eigenvalue weighted by Crippen LogP contribution is 2.30. The van der Waals surface area contributed by atoms with Gasteiger partial charge in [-0.15, -0.1) is 12.4 Å². The van der Waals surface area contributed by atoms with E-state index in [2.05, 4.69) is 10.6 Å². The number of hydrogen-bond acceptors (Lipinski definition) is 4. The van der Waals surface area contributed by atoms with E-state index < -0.39 is 20.5 Å². The Kier molecular flexibility index (Phi) is 6.27. The van der Waals surface area contributed by atoms with E-state index >= 15 is 0 Å². The molecule has 0 aromatic heterocycles. The molecule has 5 nitrogen and oxygen atoms in total. The summed E-state index contributed by atoms with van der Waals surface area (Å²) in [6, 6.07) is 5.14. The second kappa shape index (κ2) is 7.17. The fourth-order valence-corrected chi connectivity index (χ4v) is 4.07. The molecule has 1 heterocycles. The molecular weight excluding hydrogens is 347 g/mol. The normalized spacial score (nSPS) is 17.4. The van der Waals surface area contributed by atoms with Crippen LogP contribution in [0.1, 0.15) is 18.4 Å². The first-order valence-corrected chi connectivity index (χ1v) is 9.01. The molecule has 0 radical (unpaired) electrons. The van der Waals surface area contributed by atoms with Gasteiger partial charge in [-0.05, 0) is 50.6 Å². The Morgan fingerprint density at radius 3 is 2.45 bits per heavy atom. The zero-order valence-electron chi connectivity index (χ0n) is 12.5. The summed E-state index contributed by atoms with van der Waals surface area (Å²) in [5.74, 6) is -0.475. The van der Waals surface area contributed by atoms with Crippen LogP contribution in [-0.2, 0) is 14.6 Å². The van der Waals surface area contributed by atoms with E-state index in [4.69, 9.17) is 11.6 Å². The maximum Gasteiger partial charge on any atom is 0.245 e. The maximum atomic E-state index is 12.6. The van der Waals surface area contributed by atoms with Gasteiger partial charge in [-0.2, -0.15) is 0 Å². The number of nitrogens with one attached hydrogen (secondary N) is 2. The first-order chi connectivity index (χ1) is 9.76. The van der Waals surface area contributed by atoms with Gasteiger partial charge in [0.05, 0.1) is 0 Å². The molecule has 2 N–H and O–H groups in total. The average molecular weight is 367 g/mol. The Hall–Kier alpha value is -0.820. The van der Waals surface area contributed by atoms with Crippen LogP contribution in [0.3, 0.4) is 0 Å². The molecule has 1 aliphatic rings. The van der Waals surface area contributed by atoms with Crippen LogP contribution in [0, 0.1) is 6.92 Å². The molecule has 1 saturated heterocycles. The van der Waals surface area contributed by atoms with Gasteiger partial charge in [0.2, 0.25) is 5.91 Å². The van der Waals surface area contributed by atoms with Gasteiger partial charge in [-0.25, -0.2) is 8.42 Å². The summed E-state index contributed by atoms with van der Waals surface area (Å²) in [6.07, 6.45) is 1.68. The fraction of sp³-hybridized carbons (Fsp3) is 0.500. The number of halogens is 2. The van der Waals surface area contributed by atoms with E-state index in [0.717, 1.165) is 11.8 Å². The number of sulfone groups is 1. The molecular formula is C14H20Cl2N2O3S. The predicted molar refractivity (Wildman–Crippen MR) is 91.7 cm³/mol. The Morgan fingerprint density at radius 2 is 1.91 bits per heavy atom. The van der Waals surface area contributed by atoms with Gasteiger partial charge in [0.15, 0.2) is 14.6 Å². The third-order valence-electron chi connectivity index (χ3n) is 3.98. The van der Waals surface area contributed by atoms with Gasteiger partial charge >= 0.3 is 0 Å². The number of benzene rings is 1. The third-order valence-corrected chi connectivity index (χ3v) is 6.23. The van der Waals surface area contributed by atoms with Gasteiger partial charge in [0, 0.05) is 17.0 Å². The van der Waals surface area contributed by atoms with Crippen molar-refractivity contribution in [3.63, 3.8) is 0 Å². The lowest BCUT2D eigenvalue weighted by molar-refractivity contribution is -0.119. The van der Waals surface area contributed by atoms with Gasteiger partial charge in [-0.3, -0.25) is 4.79 Å². The summed E-state index contributed by atoms with van der Waals surface area (Å²) in [4.78, 5) is 12.6. The number of rotatable bonds is 3. The van der Waals surface area contributed by atoms with E-state index in [1.54, 1.807) is 18.2 Å². The van der Waals surface area contributed by atoms with Crippen LogP contribution in [-0.4, -0.2) is 38.4 Å². The zero-order valence-corrected chi connectivity index (χ0v) is 14.9. The monoisotopic (exact) mass is 366 g/mol. The number of hydrogen-bond donors (Lipinski definition) is 2. The molecule has 0 saturated carbocycles. The molecule has 1 amide bonds. The smallest absolute Gasteiger partial charge is 0.245 e. The lowest BCUT2D eigenvalue weighted by Gasteiger charge is -2.34. The average Bonchev–Trinajstić information content (AvgIpc) is 2.42. The highest BCUT2D eigenvalue weighted by Gasteiger charge is 2.48. The summed E-state index contributed by atoms with van der Waals surface area (Å²) in [6.45, 7) is 2.85. The minimum Gasteiger partial charge on any atom is -0.324 e. The van der Waals surface area contributed by atoms with Crippen LogP contribution in [0.4, 0.5) is 5.69 Å². The fourth-order valence-electron chi connectivity index (χ4n) is 2.56. The van der Waals surface area contributed by atoms with Crippen molar-refractivity contribution < 1.29 is 13.2 Å². The van der Waals surface area contributed by atoms with E-state index in [9.17, 15) is 13.2 Å². The molecule has 1 aromatic carbocycles. The summed E-state index contributed by atoms with van der Waals surface area (Å²) < 4.78 is 23.0. The molecule has 1 aliphatic heterocycles. The van der Waals surface area contributed by atoms with Crippen molar-refractivity contribution in [2.45, 2.75) is 24.5 Å². The van der Waals surface area contributed by atoms with Gasteiger partial charge in [0.25, 0.3) is 0 Å². The summed E-state index contributed by atoms with van der Waals surface area (Å²) >= 11 is 5.93. The molecule has 0 aliphatic carbocycles. The number of piperidine rings is 1. The SMILES string of the molecule is Cc1ccc(Cl)cc1NC(=O)C1(S(C)(=O)=O)CCNCC1.Cl. The number of carbonyl (C=O) groups is 1. The van der Waals surface area contributed by atoms with Crippen LogP contribution in [0.25, 0.3) is 0 Å². The molecule has 124 valence electrons. The highest BCUT2D eigenvalue weighted by molar-refractivity contribution is 7.92. The molecule has 2 rings (SSSR count). The van der Waals surface area contributed by atoms with Gasteiger partial charge < -0.3 is 10.6 Å². The summed E-state index contributed by atoms with van der Waals surface area (Å²) in [5.41, 5.74) is 1.39. The Balaban J connectivity index is 0.00000242.